The molecule has 0 unspecified atom stereocenters. The number of nitrogens with one attached hydrogen (secondary N) is 1. The molecule has 3 atom stereocenters. The third kappa shape index (κ3) is 2.56. The van der Waals surface area contributed by atoms with Gasteiger partial charge >= 0.3 is 0 Å². The van der Waals surface area contributed by atoms with E-state index in [0.717, 1.165) is 42.8 Å². The van der Waals surface area contributed by atoms with E-state index in [4.69, 9.17) is 0 Å². The van der Waals surface area contributed by atoms with E-state index >= 15 is 0 Å². The van der Waals surface area contributed by atoms with Crippen LogP contribution in [-0.4, -0.2) is 75.5 Å². The smallest absolute Gasteiger partial charge is 0.142 e. The lowest BCUT2D eigenvalue weighted by Gasteiger charge is -2.29. The molecule has 130 valence electrons. The van der Waals surface area contributed by atoms with Crippen LogP contribution in [0.5, 0.6) is 0 Å². The summed E-state index contributed by atoms with van der Waals surface area (Å²) >= 11 is 0. The fraction of sp³-hybridized carbons (Fsp3) is 0.647. The molecule has 3 N–H and O–H groups in total. The molecule has 24 heavy (non-hydrogen) atoms. The van der Waals surface area contributed by atoms with Gasteiger partial charge in [0, 0.05) is 32.4 Å². The van der Waals surface area contributed by atoms with E-state index in [-0.39, 0.29) is 19.3 Å². The molecule has 1 aliphatic heterocycles. The van der Waals surface area contributed by atoms with Crippen LogP contribution < -0.4 is 4.90 Å². The number of aliphatic hydroxyl groups excluding tert-OH is 2. The summed E-state index contributed by atoms with van der Waals surface area (Å²) in [5, 5.41) is 19.9. The van der Waals surface area contributed by atoms with Crippen LogP contribution in [0, 0.1) is 11.8 Å². The zero-order valence-corrected chi connectivity index (χ0v) is 14.0. The number of hydrogen-bond acceptors (Lipinski definition) is 6. The molecule has 3 heterocycles. The van der Waals surface area contributed by atoms with E-state index < -0.39 is 0 Å². The summed E-state index contributed by atoms with van der Waals surface area (Å²) in [6.07, 6.45) is 5.80. The van der Waals surface area contributed by atoms with Gasteiger partial charge in [-0.3, -0.25) is 4.90 Å². The zero-order valence-electron chi connectivity index (χ0n) is 14.0. The SMILES string of the molecule is CN(c1ncnc2[nH]ccc12)[C@@H]1C[C@@H]2CN(C(CO)CO)C[C@@H]2C1. The fourth-order valence-electron chi connectivity index (χ4n) is 4.52. The first kappa shape index (κ1) is 15.8. The molecule has 2 fully saturated rings. The molecule has 7 heteroatoms. The van der Waals surface area contributed by atoms with Crippen LogP contribution >= 0.6 is 0 Å². The van der Waals surface area contributed by atoms with Gasteiger partial charge in [-0.15, -0.1) is 0 Å². The third-order valence-corrected chi connectivity index (χ3v) is 5.91. The molecule has 2 aromatic rings. The van der Waals surface area contributed by atoms with Crippen molar-refractivity contribution in [2.75, 3.05) is 38.3 Å². The van der Waals surface area contributed by atoms with Crippen molar-refractivity contribution >= 4 is 16.9 Å². The number of anilines is 1. The molecule has 0 aromatic carbocycles. The van der Waals surface area contributed by atoms with Gasteiger partial charge in [0.2, 0.25) is 0 Å². The summed E-state index contributed by atoms with van der Waals surface area (Å²) < 4.78 is 0. The van der Waals surface area contributed by atoms with Crippen LogP contribution in [0.4, 0.5) is 5.82 Å². The number of fused-ring (bicyclic) bond motifs is 2. The second-order valence-electron chi connectivity index (χ2n) is 7.17. The number of aliphatic hydroxyl groups is 2. The molecular formula is C17H25N5O2. The highest BCUT2D eigenvalue weighted by atomic mass is 16.3. The summed E-state index contributed by atoms with van der Waals surface area (Å²) in [5.41, 5.74) is 0.880. The summed E-state index contributed by atoms with van der Waals surface area (Å²) in [5.74, 6) is 2.27. The van der Waals surface area contributed by atoms with Crippen molar-refractivity contribution in [2.24, 2.45) is 11.8 Å². The lowest BCUT2D eigenvalue weighted by atomic mass is 10.0. The first-order valence-electron chi connectivity index (χ1n) is 8.68. The zero-order chi connectivity index (χ0) is 16.7. The largest absolute Gasteiger partial charge is 0.395 e. The van der Waals surface area contributed by atoms with Gasteiger partial charge in [-0.1, -0.05) is 0 Å². The van der Waals surface area contributed by atoms with Crippen molar-refractivity contribution < 1.29 is 10.2 Å². The predicted molar refractivity (Wildman–Crippen MR) is 91.8 cm³/mol. The molecule has 1 saturated carbocycles. The van der Waals surface area contributed by atoms with Gasteiger partial charge in [-0.2, -0.15) is 0 Å². The number of likely N-dealkylation sites (tertiary alicyclic amines) is 1. The Morgan fingerprint density at radius 2 is 1.96 bits per heavy atom. The number of nitrogens with zero attached hydrogens (tertiary/aromatic N) is 4. The topological polar surface area (TPSA) is 88.5 Å². The van der Waals surface area contributed by atoms with Crippen molar-refractivity contribution in [2.45, 2.75) is 24.9 Å². The molecule has 2 aliphatic rings. The molecule has 1 aliphatic carbocycles. The molecular weight excluding hydrogens is 306 g/mol. The Morgan fingerprint density at radius 1 is 1.25 bits per heavy atom. The number of H-pyrrole nitrogens is 1. The molecule has 0 radical (unpaired) electrons. The van der Waals surface area contributed by atoms with Crippen LogP contribution in [0.1, 0.15) is 12.8 Å². The highest BCUT2D eigenvalue weighted by Gasteiger charge is 2.43. The average Bonchev–Trinajstić information content (AvgIpc) is 3.28. The van der Waals surface area contributed by atoms with Crippen LogP contribution in [-0.2, 0) is 0 Å². The van der Waals surface area contributed by atoms with E-state index in [1.807, 2.05) is 12.3 Å². The van der Waals surface area contributed by atoms with Crippen LogP contribution in [0.15, 0.2) is 18.6 Å². The third-order valence-electron chi connectivity index (χ3n) is 5.91. The molecule has 0 spiro atoms. The van der Waals surface area contributed by atoms with Crippen molar-refractivity contribution in [3.63, 3.8) is 0 Å². The Bertz CT molecular complexity index is 687. The normalized spacial score (nSPS) is 27.2. The highest BCUT2D eigenvalue weighted by Crippen LogP contribution is 2.41. The highest BCUT2D eigenvalue weighted by molar-refractivity contribution is 5.87. The van der Waals surface area contributed by atoms with Crippen LogP contribution in [0.25, 0.3) is 11.0 Å². The van der Waals surface area contributed by atoms with E-state index in [1.165, 1.54) is 0 Å². The molecule has 4 rings (SSSR count). The Balaban J connectivity index is 1.46. The fourth-order valence-corrected chi connectivity index (χ4v) is 4.52. The van der Waals surface area contributed by atoms with Gasteiger partial charge in [-0.05, 0) is 30.7 Å². The lowest BCUT2D eigenvalue weighted by molar-refractivity contribution is 0.0846. The van der Waals surface area contributed by atoms with Gasteiger partial charge in [-0.25, -0.2) is 9.97 Å². The summed E-state index contributed by atoms with van der Waals surface area (Å²) in [7, 11) is 2.13. The second-order valence-corrected chi connectivity index (χ2v) is 7.17. The standard InChI is InChI=1S/C17H25N5O2/c1-21(17-15-2-3-18-16(15)19-10-20-17)13-4-11-6-22(7-12(11)5-13)14(8-23)9-24/h2-3,10-14,23-24H,4-9H2,1H3,(H,18,19,20)/t11-,12+,13-. The van der Waals surface area contributed by atoms with Crippen LogP contribution in [0.3, 0.4) is 0 Å². The molecule has 7 nitrogen and oxygen atoms in total. The lowest BCUT2D eigenvalue weighted by Crippen LogP contribution is -2.40. The first-order chi connectivity index (χ1) is 11.7. The first-order valence-corrected chi connectivity index (χ1v) is 8.68. The predicted octanol–water partition coefficient (Wildman–Crippen LogP) is 0.458. The van der Waals surface area contributed by atoms with Gasteiger partial charge in [0.15, 0.2) is 0 Å². The van der Waals surface area contributed by atoms with Crippen molar-refractivity contribution in [1.82, 2.24) is 19.9 Å². The van der Waals surface area contributed by atoms with Gasteiger partial charge in [0.05, 0.1) is 24.6 Å². The molecule has 1 saturated heterocycles. The maximum Gasteiger partial charge on any atom is 0.142 e. The number of rotatable bonds is 5. The Hall–Kier alpha value is -1.70. The van der Waals surface area contributed by atoms with Gasteiger partial charge in [0.1, 0.15) is 17.8 Å². The van der Waals surface area contributed by atoms with Gasteiger partial charge < -0.3 is 20.1 Å². The van der Waals surface area contributed by atoms with Crippen LogP contribution in [0.2, 0.25) is 0 Å². The minimum absolute atomic E-state index is 0.0334. The monoisotopic (exact) mass is 331 g/mol. The summed E-state index contributed by atoms with van der Waals surface area (Å²) in [6, 6.07) is 2.41. The Labute approximate surface area is 141 Å². The van der Waals surface area contributed by atoms with Crippen molar-refractivity contribution in [3.05, 3.63) is 18.6 Å². The quantitative estimate of drug-likeness (QED) is 0.738. The Morgan fingerprint density at radius 3 is 2.62 bits per heavy atom. The second kappa shape index (κ2) is 6.31. The molecule has 2 aromatic heterocycles. The van der Waals surface area contributed by atoms with Crippen molar-refractivity contribution in [1.29, 1.82) is 0 Å². The summed E-state index contributed by atoms with van der Waals surface area (Å²) in [4.78, 5) is 16.5. The Kier molecular flexibility index (Phi) is 4.15. The van der Waals surface area contributed by atoms with Crippen molar-refractivity contribution in [3.8, 4) is 0 Å². The summed E-state index contributed by atoms with van der Waals surface area (Å²) in [6.45, 7) is 2.02. The number of hydrogen-bond donors (Lipinski definition) is 3. The van der Waals surface area contributed by atoms with E-state index in [2.05, 4.69) is 31.8 Å². The number of aromatic nitrogens is 3. The maximum absolute atomic E-state index is 9.39. The molecule has 0 amide bonds. The maximum atomic E-state index is 9.39. The van der Waals surface area contributed by atoms with E-state index in [1.54, 1.807) is 6.33 Å². The molecule has 0 bridgehead atoms. The average molecular weight is 331 g/mol. The van der Waals surface area contributed by atoms with E-state index in [0.29, 0.717) is 17.9 Å². The number of aromatic amines is 1. The minimum atomic E-state index is -0.104. The van der Waals surface area contributed by atoms with Gasteiger partial charge in [0.25, 0.3) is 0 Å². The minimum Gasteiger partial charge on any atom is -0.395 e. The van der Waals surface area contributed by atoms with E-state index in [9.17, 15) is 10.2 Å².